The maximum atomic E-state index is 13.5. The van der Waals surface area contributed by atoms with E-state index in [1.807, 2.05) is 61.5 Å². The van der Waals surface area contributed by atoms with Crippen LogP contribution in [0.4, 0.5) is 0 Å². The Morgan fingerprint density at radius 2 is 1.49 bits per heavy atom. The van der Waals surface area contributed by atoms with E-state index in [1.54, 1.807) is 25.3 Å². The third-order valence-corrected chi connectivity index (χ3v) is 6.14. The Morgan fingerprint density at radius 1 is 0.821 bits per heavy atom. The van der Waals surface area contributed by atoms with Crippen LogP contribution in [0.3, 0.4) is 0 Å². The molecule has 0 radical (unpaired) electrons. The molecule has 0 aliphatic carbocycles. The van der Waals surface area contributed by atoms with E-state index < -0.39 is 18.0 Å². The average Bonchev–Trinajstić information content (AvgIpc) is 2.97. The lowest BCUT2D eigenvalue weighted by atomic mass is 10.0. The van der Waals surface area contributed by atoms with Crippen LogP contribution in [0.15, 0.2) is 72.9 Å². The molecule has 5 N–H and O–H groups in total. The number of carbonyl (C=O) groups excluding carboxylic acids is 3. The predicted molar refractivity (Wildman–Crippen MR) is 150 cm³/mol. The van der Waals surface area contributed by atoms with Gasteiger partial charge in [-0.3, -0.25) is 19.4 Å². The molecule has 3 rings (SSSR count). The number of rotatable bonds is 14. The molecule has 0 saturated heterocycles. The summed E-state index contributed by atoms with van der Waals surface area (Å²) in [6.45, 7) is 4.91. The molecule has 0 aliphatic rings. The molecule has 0 spiro atoms. The van der Waals surface area contributed by atoms with Crippen molar-refractivity contribution >= 4 is 17.7 Å². The molecular weight excluding hydrogens is 494 g/mol. The first kappa shape index (κ1) is 29.3. The van der Waals surface area contributed by atoms with Crippen LogP contribution >= 0.6 is 0 Å². The number of pyridine rings is 1. The molecular formula is C30H37N5O4. The molecule has 206 valence electrons. The van der Waals surface area contributed by atoms with E-state index in [0.29, 0.717) is 25.4 Å². The minimum Gasteiger partial charge on any atom is -0.494 e. The van der Waals surface area contributed by atoms with Gasteiger partial charge in [-0.1, -0.05) is 49.4 Å². The number of carbonyl (C=O) groups is 3. The van der Waals surface area contributed by atoms with Crippen LogP contribution in [0.2, 0.25) is 0 Å². The van der Waals surface area contributed by atoms with Gasteiger partial charge in [0.15, 0.2) is 0 Å². The highest BCUT2D eigenvalue weighted by atomic mass is 16.5. The zero-order valence-corrected chi connectivity index (χ0v) is 22.5. The molecule has 0 fully saturated rings. The van der Waals surface area contributed by atoms with Gasteiger partial charge in [-0.25, -0.2) is 0 Å². The molecule has 3 amide bonds. The quantitative estimate of drug-likeness (QED) is 0.252. The number of ether oxygens (including phenoxy) is 1. The fourth-order valence-corrected chi connectivity index (χ4v) is 3.94. The van der Waals surface area contributed by atoms with Gasteiger partial charge >= 0.3 is 0 Å². The second-order valence-electron chi connectivity index (χ2n) is 9.08. The normalized spacial score (nSPS) is 12.2. The highest BCUT2D eigenvalue weighted by Gasteiger charge is 2.27. The smallest absolute Gasteiger partial charge is 0.243 e. The first-order valence-electron chi connectivity index (χ1n) is 13.2. The second kappa shape index (κ2) is 15.2. The summed E-state index contributed by atoms with van der Waals surface area (Å²) in [4.78, 5) is 43.3. The van der Waals surface area contributed by atoms with Crippen molar-refractivity contribution in [1.29, 1.82) is 0 Å². The molecule has 1 heterocycles. The van der Waals surface area contributed by atoms with Gasteiger partial charge in [0, 0.05) is 44.2 Å². The van der Waals surface area contributed by atoms with Crippen molar-refractivity contribution in [3.8, 4) is 5.75 Å². The Labute approximate surface area is 229 Å². The minimum atomic E-state index is -0.892. The lowest BCUT2D eigenvalue weighted by molar-refractivity contribution is -0.132. The fraction of sp³-hybridized carbons (Fsp3) is 0.333. The van der Waals surface area contributed by atoms with Crippen LogP contribution in [0.5, 0.6) is 5.75 Å². The summed E-state index contributed by atoms with van der Waals surface area (Å²) in [5.74, 6) is -0.329. The Morgan fingerprint density at radius 3 is 2.10 bits per heavy atom. The van der Waals surface area contributed by atoms with E-state index >= 15 is 0 Å². The molecule has 0 saturated carbocycles. The van der Waals surface area contributed by atoms with Crippen molar-refractivity contribution in [2.75, 3.05) is 6.61 Å². The van der Waals surface area contributed by atoms with Gasteiger partial charge in [-0.2, -0.15) is 0 Å². The van der Waals surface area contributed by atoms with E-state index in [0.717, 1.165) is 22.4 Å². The molecule has 3 aromatic rings. The van der Waals surface area contributed by atoms with Gasteiger partial charge in [-0.15, -0.1) is 0 Å². The standard InChI is InChI=1S/C30H37N5O4/c1-3-28(36)34-26(17-21-12-14-25(15-13-21)39-4-2)30(38)35-27(18-24-7-5-6-16-32-24)29(37)33-20-23-10-8-22(19-31)9-11-23/h5-16,26-27H,3-4,17-20,31H2,1-2H3,(H,33,37)(H,34,36)(H,35,38)/t26?,27-/m0/s1. The maximum absolute atomic E-state index is 13.5. The van der Waals surface area contributed by atoms with Gasteiger partial charge in [0.05, 0.1) is 6.61 Å². The molecule has 1 unspecified atom stereocenters. The molecule has 2 aromatic carbocycles. The first-order valence-corrected chi connectivity index (χ1v) is 13.2. The van der Waals surface area contributed by atoms with E-state index in [2.05, 4.69) is 20.9 Å². The van der Waals surface area contributed by atoms with Gasteiger partial charge in [-0.05, 0) is 47.9 Å². The van der Waals surface area contributed by atoms with E-state index in [4.69, 9.17) is 10.5 Å². The van der Waals surface area contributed by atoms with Crippen molar-refractivity contribution in [2.24, 2.45) is 5.73 Å². The maximum Gasteiger partial charge on any atom is 0.243 e. The van der Waals surface area contributed by atoms with E-state index in [-0.39, 0.29) is 31.1 Å². The zero-order chi connectivity index (χ0) is 28.0. The molecule has 9 heteroatoms. The topological polar surface area (TPSA) is 135 Å². The summed E-state index contributed by atoms with van der Waals surface area (Å²) in [6.07, 6.45) is 2.33. The van der Waals surface area contributed by atoms with Crippen molar-refractivity contribution in [3.63, 3.8) is 0 Å². The van der Waals surface area contributed by atoms with Crippen LogP contribution in [-0.2, 0) is 40.3 Å². The Bertz CT molecular complexity index is 1200. The van der Waals surface area contributed by atoms with Crippen molar-refractivity contribution in [1.82, 2.24) is 20.9 Å². The van der Waals surface area contributed by atoms with Crippen molar-refractivity contribution in [3.05, 3.63) is 95.3 Å². The number of nitrogens with one attached hydrogen (secondary N) is 3. The van der Waals surface area contributed by atoms with Gasteiger partial charge in [0.2, 0.25) is 17.7 Å². The third-order valence-electron chi connectivity index (χ3n) is 6.14. The van der Waals surface area contributed by atoms with Crippen molar-refractivity contribution in [2.45, 2.75) is 58.3 Å². The lowest BCUT2D eigenvalue weighted by Gasteiger charge is -2.23. The number of hydrogen-bond acceptors (Lipinski definition) is 6. The molecule has 0 bridgehead atoms. The second-order valence-corrected chi connectivity index (χ2v) is 9.08. The largest absolute Gasteiger partial charge is 0.494 e. The molecule has 1 aromatic heterocycles. The highest BCUT2D eigenvalue weighted by molar-refractivity contribution is 5.92. The third kappa shape index (κ3) is 9.54. The SMILES string of the molecule is CCOc1ccc(CC(NC(=O)CC)C(=O)N[C@@H](Cc2ccccn2)C(=O)NCc2ccc(CN)cc2)cc1. The van der Waals surface area contributed by atoms with Gasteiger partial charge in [0.1, 0.15) is 17.8 Å². The van der Waals surface area contributed by atoms with Crippen LogP contribution in [0, 0.1) is 0 Å². The number of hydrogen-bond donors (Lipinski definition) is 4. The first-order chi connectivity index (χ1) is 18.9. The van der Waals surface area contributed by atoms with Crippen LogP contribution in [0.25, 0.3) is 0 Å². The Balaban J connectivity index is 1.75. The van der Waals surface area contributed by atoms with E-state index in [9.17, 15) is 14.4 Å². The number of benzene rings is 2. The predicted octanol–water partition coefficient (Wildman–Crippen LogP) is 2.42. The number of amides is 3. The van der Waals surface area contributed by atoms with Gasteiger partial charge < -0.3 is 26.4 Å². The summed E-state index contributed by atoms with van der Waals surface area (Å²) in [5, 5.41) is 8.55. The monoisotopic (exact) mass is 531 g/mol. The average molecular weight is 532 g/mol. The number of aromatic nitrogens is 1. The molecule has 9 nitrogen and oxygen atoms in total. The summed E-state index contributed by atoms with van der Waals surface area (Å²) >= 11 is 0. The molecule has 2 atom stereocenters. The minimum absolute atomic E-state index is 0.196. The van der Waals surface area contributed by atoms with Crippen molar-refractivity contribution < 1.29 is 19.1 Å². The summed E-state index contributed by atoms with van der Waals surface area (Å²) < 4.78 is 5.49. The Hall–Kier alpha value is -4.24. The summed E-state index contributed by atoms with van der Waals surface area (Å²) in [5.41, 5.74) is 9.08. The molecule has 39 heavy (non-hydrogen) atoms. The van der Waals surface area contributed by atoms with E-state index in [1.165, 1.54) is 0 Å². The fourth-order valence-electron chi connectivity index (χ4n) is 3.94. The van der Waals surface area contributed by atoms with Crippen LogP contribution in [0.1, 0.15) is 42.7 Å². The van der Waals surface area contributed by atoms with Gasteiger partial charge in [0.25, 0.3) is 0 Å². The Kier molecular flexibility index (Phi) is 11.5. The van der Waals surface area contributed by atoms with Crippen LogP contribution < -0.4 is 26.4 Å². The zero-order valence-electron chi connectivity index (χ0n) is 22.5. The highest BCUT2D eigenvalue weighted by Crippen LogP contribution is 2.14. The summed E-state index contributed by atoms with van der Waals surface area (Å²) in [7, 11) is 0. The lowest BCUT2D eigenvalue weighted by Crippen LogP contribution is -2.55. The summed E-state index contributed by atoms with van der Waals surface area (Å²) in [6, 6.07) is 18.7. The number of nitrogens with zero attached hydrogens (tertiary/aromatic N) is 1. The molecule has 0 aliphatic heterocycles. The van der Waals surface area contributed by atoms with Crippen LogP contribution in [-0.4, -0.2) is 41.4 Å². The number of nitrogens with two attached hydrogens (primary N) is 1.